The van der Waals surface area contributed by atoms with Crippen molar-refractivity contribution in [2.45, 2.75) is 38.5 Å². The smallest absolute Gasteiger partial charge is 0.194 e. The van der Waals surface area contributed by atoms with Crippen LogP contribution in [0, 0.1) is 0 Å². The number of aromatic amines is 1. The molecule has 0 radical (unpaired) electrons. The van der Waals surface area contributed by atoms with Crippen molar-refractivity contribution in [3.8, 4) is 11.4 Å². The van der Waals surface area contributed by atoms with Gasteiger partial charge in [-0.1, -0.05) is 38.5 Å². The first-order chi connectivity index (χ1) is 16.5. The van der Waals surface area contributed by atoms with E-state index in [4.69, 9.17) is 0 Å². The summed E-state index contributed by atoms with van der Waals surface area (Å²) in [6, 6.07) is 7.28. The molecule has 5 aromatic rings. The molecular formula is C24H29N9O. The van der Waals surface area contributed by atoms with E-state index < -0.39 is 0 Å². The number of rotatable bonds is 3. The Labute approximate surface area is 196 Å². The van der Waals surface area contributed by atoms with Crippen LogP contribution < -0.4 is 10.7 Å². The Bertz CT molecular complexity index is 1490. The average Bonchev–Trinajstić information content (AvgIpc) is 3.53. The van der Waals surface area contributed by atoms with E-state index in [1.165, 1.54) is 44.6 Å². The minimum absolute atomic E-state index is 0.102. The lowest BCUT2D eigenvalue weighted by molar-refractivity contribution is 0.504. The highest BCUT2D eigenvalue weighted by Crippen LogP contribution is 2.24. The van der Waals surface area contributed by atoms with Crippen molar-refractivity contribution in [3.63, 3.8) is 0 Å². The first kappa shape index (κ1) is 21.9. The number of nitrogens with zero attached hydrogens (tertiary/aromatic N) is 7. The predicted molar refractivity (Wildman–Crippen MR) is 133 cm³/mol. The summed E-state index contributed by atoms with van der Waals surface area (Å²) in [5, 5.41) is 17.6. The lowest BCUT2D eigenvalue weighted by Gasteiger charge is -2.06. The Kier molecular flexibility index (Phi) is 5.87. The van der Waals surface area contributed by atoms with Crippen LogP contribution in [0.15, 0.2) is 41.5 Å². The Morgan fingerprint density at radius 1 is 0.853 bits per heavy atom. The molecule has 1 aliphatic rings. The van der Waals surface area contributed by atoms with Gasteiger partial charge in [0.05, 0.1) is 23.5 Å². The quantitative estimate of drug-likeness (QED) is 0.421. The Morgan fingerprint density at radius 3 is 2.29 bits per heavy atom. The van der Waals surface area contributed by atoms with Gasteiger partial charge < -0.3 is 10.3 Å². The zero-order valence-corrected chi connectivity index (χ0v) is 19.7. The van der Waals surface area contributed by atoms with Crippen molar-refractivity contribution in [3.05, 3.63) is 46.9 Å². The molecule has 10 heteroatoms. The van der Waals surface area contributed by atoms with E-state index in [9.17, 15) is 4.79 Å². The summed E-state index contributed by atoms with van der Waals surface area (Å²) in [7, 11) is 5.47. The van der Waals surface area contributed by atoms with Crippen molar-refractivity contribution in [1.82, 2.24) is 39.3 Å². The van der Waals surface area contributed by atoms with Crippen molar-refractivity contribution < 1.29 is 0 Å². The zero-order valence-electron chi connectivity index (χ0n) is 19.7. The molecular weight excluding hydrogens is 430 g/mol. The third-order valence-electron chi connectivity index (χ3n) is 6.22. The van der Waals surface area contributed by atoms with Gasteiger partial charge >= 0.3 is 0 Å². The van der Waals surface area contributed by atoms with Crippen molar-refractivity contribution in [1.29, 1.82) is 0 Å². The van der Waals surface area contributed by atoms with Gasteiger partial charge in [0.25, 0.3) is 0 Å². The maximum atomic E-state index is 12.3. The molecule has 0 saturated heterocycles. The predicted octanol–water partition coefficient (Wildman–Crippen LogP) is 4.03. The maximum absolute atomic E-state index is 12.3. The van der Waals surface area contributed by atoms with Gasteiger partial charge in [-0.05, 0) is 12.1 Å². The molecule has 5 heterocycles. The monoisotopic (exact) mass is 459 g/mol. The highest BCUT2D eigenvalue weighted by atomic mass is 16.1. The van der Waals surface area contributed by atoms with E-state index >= 15 is 0 Å². The molecule has 10 nitrogen and oxygen atoms in total. The number of hydrogen-bond donors (Lipinski definition) is 2. The number of aryl methyl sites for hydroxylation is 3. The van der Waals surface area contributed by atoms with E-state index in [0.29, 0.717) is 16.9 Å². The molecule has 1 saturated carbocycles. The molecule has 0 aliphatic heterocycles. The normalized spacial score (nSPS) is 13.7. The Hall–Kier alpha value is -3.95. The molecule has 0 spiro atoms. The summed E-state index contributed by atoms with van der Waals surface area (Å²) in [5.74, 6) is 1.28. The van der Waals surface area contributed by atoms with Gasteiger partial charge in [-0.15, -0.1) is 0 Å². The van der Waals surface area contributed by atoms with Crippen molar-refractivity contribution in [2.24, 2.45) is 21.1 Å². The summed E-state index contributed by atoms with van der Waals surface area (Å²) in [5.41, 5.74) is 2.81. The summed E-state index contributed by atoms with van der Waals surface area (Å²) >= 11 is 0. The summed E-state index contributed by atoms with van der Waals surface area (Å²) in [6.07, 6.45) is 12.3. The summed E-state index contributed by atoms with van der Waals surface area (Å²) in [6.45, 7) is 0. The second kappa shape index (κ2) is 9.12. The van der Waals surface area contributed by atoms with Crippen LogP contribution in [-0.2, 0) is 21.1 Å². The number of fused-ring (bicyclic) bond motifs is 2. The molecule has 0 unspecified atom stereocenters. The van der Waals surface area contributed by atoms with Gasteiger partial charge in [0.2, 0.25) is 0 Å². The maximum Gasteiger partial charge on any atom is 0.194 e. The second-order valence-corrected chi connectivity index (χ2v) is 8.74. The number of anilines is 2. The van der Waals surface area contributed by atoms with Gasteiger partial charge in [-0.3, -0.25) is 18.8 Å². The number of hydrogen-bond acceptors (Lipinski definition) is 6. The molecule has 2 N–H and O–H groups in total. The molecule has 0 bridgehead atoms. The van der Waals surface area contributed by atoms with Crippen LogP contribution in [0.25, 0.3) is 33.5 Å². The number of nitrogens with one attached hydrogen (secondary N) is 2. The summed E-state index contributed by atoms with van der Waals surface area (Å²) < 4.78 is 5.06. The third kappa shape index (κ3) is 4.30. The Balaban J connectivity index is 0.000000351. The van der Waals surface area contributed by atoms with Crippen LogP contribution in [0.4, 0.5) is 11.6 Å². The fourth-order valence-corrected chi connectivity index (χ4v) is 4.28. The molecule has 176 valence electrons. The topological polar surface area (TPSA) is 111 Å². The van der Waals surface area contributed by atoms with Crippen LogP contribution in [0.3, 0.4) is 0 Å². The highest BCUT2D eigenvalue weighted by Gasteiger charge is 2.12. The highest BCUT2D eigenvalue weighted by molar-refractivity contribution is 5.79. The average molecular weight is 460 g/mol. The third-order valence-corrected chi connectivity index (χ3v) is 6.22. The molecule has 5 aromatic heterocycles. The van der Waals surface area contributed by atoms with Gasteiger partial charge in [-0.25, -0.2) is 4.98 Å². The number of H-pyrrole nitrogens is 1. The standard InChI is InChI=1S/C18H17N9O.C6H12/c1-25-16(22-15-7-14(28)11-9-20-27(3)18(11)23-15)6-13(24-25)12-5-4-10-8-19-26(2)17(10)21-12;1-2-4-6-5-3-1/h4-9H,1-3H3,(H2,22,23,28);1-6H2. The van der Waals surface area contributed by atoms with Crippen LogP contribution in [0.5, 0.6) is 0 Å². The first-order valence-corrected chi connectivity index (χ1v) is 11.6. The van der Waals surface area contributed by atoms with Crippen molar-refractivity contribution in [2.75, 3.05) is 5.32 Å². The van der Waals surface area contributed by atoms with Gasteiger partial charge in [-0.2, -0.15) is 15.3 Å². The SMILES string of the molecule is C1CCCCC1.Cn1nc(-c2ccc3cnn(C)c3n2)cc1Nc1cc(=O)c2cnn(C)c2[nH]1. The van der Waals surface area contributed by atoms with E-state index in [-0.39, 0.29) is 5.43 Å². The van der Waals surface area contributed by atoms with Gasteiger partial charge in [0.15, 0.2) is 11.1 Å². The number of aromatic nitrogens is 8. The molecule has 1 fully saturated rings. The van der Waals surface area contributed by atoms with Crippen LogP contribution >= 0.6 is 0 Å². The molecule has 0 aromatic carbocycles. The zero-order chi connectivity index (χ0) is 23.7. The van der Waals surface area contributed by atoms with Gasteiger partial charge in [0, 0.05) is 38.7 Å². The first-order valence-electron chi connectivity index (χ1n) is 11.6. The molecule has 0 amide bonds. The van der Waals surface area contributed by atoms with Crippen LogP contribution in [0.2, 0.25) is 0 Å². The minimum atomic E-state index is -0.102. The number of pyridine rings is 2. The van der Waals surface area contributed by atoms with Gasteiger partial charge in [0.1, 0.15) is 23.0 Å². The van der Waals surface area contributed by atoms with Crippen LogP contribution in [0.1, 0.15) is 38.5 Å². The molecule has 0 atom stereocenters. The lowest BCUT2D eigenvalue weighted by atomic mass is 10.0. The molecule has 34 heavy (non-hydrogen) atoms. The Morgan fingerprint density at radius 2 is 1.56 bits per heavy atom. The molecule has 1 aliphatic carbocycles. The second-order valence-electron chi connectivity index (χ2n) is 8.74. The molecule has 6 rings (SSSR count). The van der Waals surface area contributed by atoms with E-state index in [2.05, 4.69) is 30.6 Å². The fraction of sp³-hybridized carbons (Fsp3) is 0.375. The summed E-state index contributed by atoms with van der Waals surface area (Å²) in [4.78, 5) is 20.1. The minimum Gasteiger partial charge on any atom is -0.327 e. The van der Waals surface area contributed by atoms with Crippen LogP contribution in [-0.4, -0.2) is 39.3 Å². The van der Waals surface area contributed by atoms with E-state index in [1.807, 2.05) is 32.3 Å². The fourth-order valence-electron chi connectivity index (χ4n) is 4.28. The van der Waals surface area contributed by atoms with E-state index in [1.54, 1.807) is 33.5 Å². The lowest BCUT2D eigenvalue weighted by Crippen LogP contribution is -2.07. The largest absolute Gasteiger partial charge is 0.327 e. The van der Waals surface area contributed by atoms with E-state index in [0.717, 1.165) is 28.2 Å². The van der Waals surface area contributed by atoms with Crippen molar-refractivity contribution >= 4 is 33.7 Å².